The molecule has 0 aliphatic heterocycles. The van der Waals surface area contributed by atoms with Crippen LogP contribution >= 0.6 is 11.8 Å². The van der Waals surface area contributed by atoms with Gasteiger partial charge in [0.2, 0.25) is 0 Å². The maximum Gasteiger partial charge on any atom is 0.251 e. The third kappa shape index (κ3) is 6.26. The van der Waals surface area contributed by atoms with Gasteiger partial charge in [0, 0.05) is 36.5 Å². The maximum atomic E-state index is 12.6. The van der Waals surface area contributed by atoms with Gasteiger partial charge in [-0.15, -0.1) is 0 Å². The van der Waals surface area contributed by atoms with Crippen molar-refractivity contribution in [1.29, 1.82) is 0 Å². The maximum absolute atomic E-state index is 12.6. The lowest BCUT2D eigenvalue weighted by atomic mass is 10.1. The van der Waals surface area contributed by atoms with Gasteiger partial charge in [-0.1, -0.05) is 61.2 Å². The van der Waals surface area contributed by atoms with Crippen LogP contribution in [0.3, 0.4) is 0 Å². The molecule has 0 saturated heterocycles. The largest absolute Gasteiger partial charge is 0.467 e. The molecule has 2 heterocycles. The van der Waals surface area contributed by atoms with Crippen LogP contribution in [0.4, 0.5) is 5.82 Å². The minimum atomic E-state index is -0.131. The minimum absolute atomic E-state index is 0.131. The standard InChI is InChI=1S/C27H28N4O2S/c1-3-14-31(2)25-17-24(21-10-5-4-6-11-21)29-27(30-25)34-19-20-9-7-12-22(16-20)26(32)28-18-23-13-8-15-33-23/h4-13,15-17H,3,14,18-19H2,1-2H3,(H,28,32). The molecule has 0 saturated carbocycles. The molecule has 1 amide bonds. The second-order valence-corrected chi connectivity index (χ2v) is 8.88. The minimum Gasteiger partial charge on any atom is -0.467 e. The summed E-state index contributed by atoms with van der Waals surface area (Å²) in [5.41, 5.74) is 3.62. The zero-order valence-electron chi connectivity index (χ0n) is 19.4. The number of carbonyl (C=O) groups is 1. The quantitative estimate of drug-likeness (QED) is 0.232. The summed E-state index contributed by atoms with van der Waals surface area (Å²) in [6, 6.07) is 23.5. The van der Waals surface area contributed by atoms with Crippen LogP contribution in [0.5, 0.6) is 0 Å². The van der Waals surface area contributed by atoms with Crippen molar-refractivity contribution in [2.45, 2.75) is 30.8 Å². The van der Waals surface area contributed by atoms with Gasteiger partial charge in [0.25, 0.3) is 5.91 Å². The van der Waals surface area contributed by atoms with Gasteiger partial charge in [-0.05, 0) is 36.2 Å². The Morgan fingerprint density at radius 1 is 1.03 bits per heavy atom. The number of carbonyl (C=O) groups excluding carboxylic acids is 1. The molecule has 0 aliphatic rings. The summed E-state index contributed by atoms with van der Waals surface area (Å²) in [6.07, 6.45) is 2.64. The zero-order chi connectivity index (χ0) is 23.8. The van der Waals surface area contributed by atoms with Crippen LogP contribution in [0.2, 0.25) is 0 Å². The van der Waals surface area contributed by atoms with E-state index in [0.29, 0.717) is 23.0 Å². The Kier molecular flexibility index (Phi) is 7.99. The van der Waals surface area contributed by atoms with Crippen LogP contribution in [0.1, 0.15) is 35.0 Å². The zero-order valence-corrected chi connectivity index (χ0v) is 20.2. The number of furan rings is 1. The Morgan fingerprint density at radius 3 is 2.65 bits per heavy atom. The first-order chi connectivity index (χ1) is 16.6. The number of aromatic nitrogens is 2. The summed E-state index contributed by atoms with van der Waals surface area (Å²) in [5.74, 6) is 2.16. The average Bonchev–Trinajstić information content (AvgIpc) is 3.40. The van der Waals surface area contributed by atoms with Crippen molar-refractivity contribution in [3.05, 3.63) is 95.9 Å². The SMILES string of the molecule is CCCN(C)c1cc(-c2ccccc2)nc(SCc2cccc(C(=O)NCc3ccco3)c2)n1. The summed E-state index contributed by atoms with van der Waals surface area (Å²) in [5, 5.41) is 3.60. The molecule has 0 radical (unpaired) electrons. The summed E-state index contributed by atoms with van der Waals surface area (Å²) in [4.78, 5) is 24.3. The number of hydrogen-bond acceptors (Lipinski definition) is 6. The number of benzene rings is 2. The van der Waals surface area contributed by atoms with Gasteiger partial charge in [-0.3, -0.25) is 4.79 Å². The van der Waals surface area contributed by atoms with Crippen LogP contribution in [0.15, 0.2) is 88.6 Å². The lowest BCUT2D eigenvalue weighted by molar-refractivity contribution is 0.0948. The van der Waals surface area contributed by atoms with Crippen molar-refractivity contribution in [3.63, 3.8) is 0 Å². The molecule has 0 unspecified atom stereocenters. The van der Waals surface area contributed by atoms with E-state index in [1.807, 2.05) is 54.6 Å². The lowest BCUT2D eigenvalue weighted by Gasteiger charge is -2.18. The molecule has 2 aromatic carbocycles. The molecule has 4 rings (SSSR count). The molecule has 6 nitrogen and oxygen atoms in total. The van der Waals surface area contributed by atoms with Crippen molar-refractivity contribution >= 4 is 23.5 Å². The van der Waals surface area contributed by atoms with E-state index in [1.165, 1.54) is 0 Å². The van der Waals surface area contributed by atoms with E-state index in [9.17, 15) is 4.79 Å². The number of hydrogen-bond donors (Lipinski definition) is 1. The molecule has 0 aliphatic carbocycles. The second-order valence-electron chi connectivity index (χ2n) is 7.93. The third-order valence-corrected chi connectivity index (χ3v) is 6.19. The average molecular weight is 473 g/mol. The van der Waals surface area contributed by atoms with Gasteiger partial charge in [-0.2, -0.15) is 0 Å². The van der Waals surface area contributed by atoms with Crippen molar-refractivity contribution in [1.82, 2.24) is 15.3 Å². The summed E-state index contributed by atoms with van der Waals surface area (Å²) >= 11 is 1.57. The van der Waals surface area contributed by atoms with E-state index in [1.54, 1.807) is 24.1 Å². The molecule has 0 atom stereocenters. The van der Waals surface area contributed by atoms with Gasteiger partial charge < -0.3 is 14.6 Å². The Morgan fingerprint density at radius 2 is 1.88 bits per heavy atom. The highest BCUT2D eigenvalue weighted by atomic mass is 32.2. The molecular weight excluding hydrogens is 444 g/mol. The number of anilines is 1. The van der Waals surface area contributed by atoms with E-state index in [2.05, 4.69) is 36.3 Å². The monoisotopic (exact) mass is 472 g/mol. The van der Waals surface area contributed by atoms with Crippen LogP contribution in [-0.2, 0) is 12.3 Å². The van der Waals surface area contributed by atoms with Crippen molar-refractivity contribution in [2.24, 2.45) is 0 Å². The molecular formula is C27H28N4O2S. The molecule has 7 heteroatoms. The Hall–Kier alpha value is -3.58. The normalized spacial score (nSPS) is 10.8. The summed E-state index contributed by atoms with van der Waals surface area (Å²) < 4.78 is 5.28. The molecule has 1 N–H and O–H groups in total. The van der Waals surface area contributed by atoms with Gasteiger partial charge in [0.1, 0.15) is 11.6 Å². The molecule has 2 aromatic heterocycles. The van der Waals surface area contributed by atoms with Gasteiger partial charge in [0.15, 0.2) is 5.16 Å². The molecule has 0 bridgehead atoms. The second kappa shape index (κ2) is 11.5. The van der Waals surface area contributed by atoms with Gasteiger partial charge in [-0.25, -0.2) is 9.97 Å². The summed E-state index contributed by atoms with van der Waals surface area (Å²) in [7, 11) is 2.06. The van der Waals surface area contributed by atoms with Crippen molar-refractivity contribution in [3.8, 4) is 11.3 Å². The molecule has 4 aromatic rings. The highest BCUT2D eigenvalue weighted by Crippen LogP contribution is 2.27. The first kappa shape index (κ1) is 23.6. The molecule has 174 valence electrons. The number of thioether (sulfide) groups is 1. The third-order valence-electron chi connectivity index (χ3n) is 5.27. The van der Waals surface area contributed by atoms with E-state index >= 15 is 0 Å². The number of nitrogens with zero attached hydrogens (tertiary/aromatic N) is 3. The van der Waals surface area contributed by atoms with Crippen molar-refractivity contribution < 1.29 is 9.21 Å². The first-order valence-electron chi connectivity index (χ1n) is 11.3. The number of nitrogens with one attached hydrogen (secondary N) is 1. The fraction of sp³-hybridized carbons (Fsp3) is 0.222. The predicted molar refractivity (Wildman–Crippen MR) is 137 cm³/mol. The Balaban J connectivity index is 1.48. The molecule has 0 fully saturated rings. The highest BCUT2D eigenvalue weighted by molar-refractivity contribution is 7.98. The van der Waals surface area contributed by atoms with E-state index in [-0.39, 0.29) is 5.91 Å². The highest BCUT2D eigenvalue weighted by Gasteiger charge is 2.12. The fourth-order valence-electron chi connectivity index (χ4n) is 3.51. The van der Waals surface area contributed by atoms with Crippen LogP contribution in [0.25, 0.3) is 11.3 Å². The first-order valence-corrected chi connectivity index (χ1v) is 12.3. The number of rotatable bonds is 10. The topological polar surface area (TPSA) is 71.3 Å². The van der Waals surface area contributed by atoms with E-state index < -0.39 is 0 Å². The Labute approximate surface area is 204 Å². The van der Waals surface area contributed by atoms with Gasteiger partial charge in [0.05, 0.1) is 18.5 Å². The van der Waals surface area contributed by atoms with Crippen LogP contribution in [-0.4, -0.2) is 29.5 Å². The van der Waals surface area contributed by atoms with Crippen molar-refractivity contribution in [2.75, 3.05) is 18.5 Å². The van der Waals surface area contributed by atoms with Crippen LogP contribution in [0, 0.1) is 0 Å². The fourth-order valence-corrected chi connectivity index (χ4v) is 4.31. The van der Waals surface area contributed by atoms with Gasteiger partial charge >= 0.3 is 0 Å². The molecule has 0 spiro atoms. The number of amides is 1. The predicted octanol–water partition coefficient (Wildman–Crippen LogP) is 5.81. The van der Waals surface area contributed by atoms with Crippen LogP contribution < -0.4 is 10.2 Å². The van der Waals surface area contributed by atoms with E-state index in [4.69, 9.17) is 14.4 Å². The Bertz CT molecular complexity index is 1210. The van der Waals surface area contributed by atoms with E-state index in [0.717, 1.165) is 41.4 Å². The smallest absolute Gasteiger partial charge is 0.251 e. The summed E-state index contributed by atoms with van der Waals surface area (Å²) in [6.45, 7) is 3.44. The molecule has 34 heavy (non-hydrogen) atoms. The lowest BCUT2D eigenvalue weighted by Crippen LogP contribution is -2.22.